The summed E-state index contributed by atoms with van der Waals surface area (Å²) in [6, 6.07) is 21.0. The summed E-state index contributed by atoms with van der Waals surface area (Å²) in [5.74, 6) is -1.27. The molecule has 1 saturated heterocycles. The second-order valence-corrected chi connectivity index (χ2v) is 8.92. The quantitative estimate of drug-likeness (QED) is 0.217. The maximum Gasteiger partial charge on any atom is 0.300 e. The molecule has 0 saturated carbocycles. The molecule has 5 nitrogen and oxygen atoms in total. The number of carbonyl (C=O) groups excluding carboxylic acids is 2. The molecule has 33 heavy (non-hydrogen) atoms. The number of ketones is 1. The summed E-state index contributed by atoms with van der Waals surface area (Å²) >= 11 is 7.67. The molecule has 0 aliphatic carbocycles. The van der Waals surface area contributed by atoms with Crippen molar-refractivity contribution in [2.24, 2.45) is 0 Å². The molecule has 5 rings (SSSR count). The van der Waals surface area contributed by atoms with Gasteiger partial charge >= 0.3 is 0 Å². The average Bonchev–Trinajstić information content (AvgIpc) is 3.45. The first kappa shape index (κ1) is 21.2. The second-order valence-electron chi connectivity index (χ2n) is 7.53. The number of aliphatic hydroxyl groups excluding tert-OH is 1. The van der Waals surface area contributed by atoms with E-state index in [0.29, 0.717) is 17.0 Å². The van der Waals surface area contributed by atoms with Crippen LogP contribution < -0.4 is 9.64 Å². The van der Waals surface area contributed by atoms with Gasteiger partial charge in [-0.1, -0.05) is 54.1 Å². The van der Waals surface area contributed by atoms with Gasteiger partial charge in [0, 0.05) is 15.8 Å². The lowest BCUT2D eigenvalue weighted by Gasteiger charge is -2.25. The molecule has 1 atom stereocenters. The van der Waals surface area contributed by atoms with Gasteiger partial charge in [-0.15, -0.1) is 11.3 Å². The average molecular weight is 476 g/mol. The number of Topliss-reactive ketones (excluding diaryl/α,β-unsaturated/α-hetero) is 1. The molecule has 164 valence electrons. The highest BCUT2D eigenvalue weighted by Gasteiger charge is 2.47. The van der Waals surface area contributed by atoms with Crippen LogP contribution in [-0.4, -0.2) is 23.9 Å². The summed E-state index contributed by atoms with van der Waals surface area (Å²) in [5.41, 5.74) is 0.968. The van der Waals surface area contributed by atoms with Crippen molar-refractivity contribution in [3.63, 3.8) is 0 Å². The van der Waals surface area contributed by atoms with Crippen LogP contribution in [0.1, 0.15) is 16.5 Å². The van der Waals surface area contributed by atoms with E-state index in [1.54, 1.807) is 12.1 Å². The monoisotopic (exact) mass is 475 g/mol. The van der Waals surface area contributed by atoms with E-state index in [0.717, 1.165) is 15.6 Å². The van der Waals surface area contributed by atoms with Gasteiger partial charge in [0.2, 0.25) is 0 Å². The Hall–Kier alpha value is -3.61. The molecule has 1 aliphatic heterocycles. The minimum Gasteiger partial charge on any atom is -0.507 e. The minimum absolute atomic E-state index is 0.0246. The van der Waals surface area contributed by atoms with Crippen molar-refractivity contribution in [2.45, 2.75) is 6.04 Å². The molecule has 0 bridgehead atoms. The lowest BCUT2D eigenvalue weighted by molar-refractivity contribution is -0.132. The van der Waals surface area contributed by atoms with Crippen molar-refractivity contribution in [1.82, 2.24) is 0 Å². The van der Waals surface area contributed by atoms with Crippen molar-refractivity contribution in [3.8, 4) is 5.75 Å². The number of hydrogen-bond acceptors (Lipinski definition) is 5. The Morgan fingerprint density at radius 2 is 1.82 bits per heavy atom. The third-order valence-electron chi connectivity index (χ3n) is 5.71. The Bertz CT molecular complexity index is 1420. The maximum atomic E-state index is 13.4. The second kappa shape index (κ2) is 8.39. The highest BCUT2D eigenvalue weighted by atomic mass is 35.5. The Kier molecular flexibility index (Phi) is 5.40. The molecule has 1 N–H and O–H groups in total. The first-order chi connectivity index (χ1) is 16.0. The molecule has 1 unspecified atom stereocenters. The molecule has 3 aromatic carbocycles. The van der Waals surface area contributed by atoms with Gasteiger partial charge in [0.15, 0.2) is 0 Å². The van der Waals surface area contributed by atoms with Gasteiger partial charge in [-0.25, -0.2) is 0 Å². The van der Waals surface area contributed by atoms with Crippen LogP contribution in [0.3, 0.4) is 0 Å². The number of nitrogens with zero attached hydrogens (tertiary/aromatic N) is 1. The van der Waals surface area contributed by atoms with E-state index in [1.807, 2.05) is 60.0 Å². The third-order valence-corrected chi connectivity index (χ3v) is 6.93. The predicted octanol–water partition coefficient (Wildman–Crippen LogP) is 6.19. The molecular weight excluding hydrogens is 458 g/mol. The molecule has 1 fully saturated rings. The van der Waals surface area contributed by atoms with Gasteiger partial charge in [0.1, 0.15) is 17.6 Å². The van der Waals surface area contributed by atoms with E-state index in [4.69, 9.17) is 16.3 Å². The van der Waals surface area contributed by atoms with Crippen LogP contribution in [0, 0.1) is 0 Å². The smallest absolute Gasteiger partial charge is 0.300 e. The fourth-order valence-corrected chi connectivity index (χ4v) is 5.27. The summed E-state index contributed by atoms with van der Waals surface area (Å²) in [4.78, 5) is 28.9. The zero-order chi connectivity index (χ0) is 23.1. The fourth-order valence-electron chi connectivity index (χ4n) is 4.18. The molecule has 1 amide bonds. The van der Waals surface area contributed by atoms with E-state index in [2.05, 4.69) is 0 Å². The number of fused-ring (bicyclic) bond motifs is 1. The van der Waals surface area contributed by atoms with Gasteiger partial charge in [-0.2, -0.15) is 0 Å². The zero-order valence-electron chi connectivity index (χ0n) is 17.5. The molecule has 0 radical (unpaired) electrons. The fraction of sp³-hybridized carbons (Fsp3) is 0.0769. The topological polar surface area (TPSA) is 66.8 Å². The number of methoxy groups -OCH3 is 1. The summed E-state index contributed by atoms with van der Waals surface area (Å²) < 4.78 is 5.18. The Morgan fingerprint density at radius 3 is 2.55 bits per heavy atom. The largest absolute Gasteiger partial charge is 0.507 e. The molecule has 7 heteroatoms. The van der Waals surface area contributed by atoms with Crippen LogP contribution in [0.2, 0.25) is 5.02 Å². The van der Waals surface area contributed by atoms with E-state index in [1.165, 1.54) is 29.4 Å². The summed E-state index contributed by atoms with van der Waals surface area (Å²) in [5, 5.41) is 15.2. The predicted molar refractivity (Wildman–Crippen MR) is 131 cm³/mol. The van der Waals surface area contributed by atoms with E-state index < -0.39 is 17.7 Å². The summed E-state index contributed by atoms with van der Waals surface area (Å²) in [6.45, 7) is 0. The van der Waals surface area contributed by atoms with Crippen LogP contribution in [0.4, 0.5) is 5.69 Å². The molecule has 2 heterocycles. The number of thiophene rings is 1. The number of carbonyl (C=O) groups is 2. The normalized spacial score (nSPS) is 17.6. The molecule has 0 spiro atoms. The first-order valence-electron chi connectivity index (χ1n) is 10.2. The van der Waals surface area contributed by atoms with Crippen molar-refractivity contribution < 1.29 is 19.4 Å². The van der Waals surface area contributed by atoms with Gasteiger partial charge in [0.05, 0.1) is 23.4 Å². The molecule has 1 aromatic heterocycles. The van der Waals surface area contributed by atoms with Gasteiger partial charge in [-0.3, -0.25) is 14.5 Å². The number of ether oxygens (including phenoxy) is 1. The highest BCUT2D eigenvalue weighted by molar-refractivity contribution is 7.10. The van der Waals surface area contributed by atoms with E-state index in [-0.39, 0.29) is 16.4 Å². The van der Waals surface area contributed by atoms with E-state index >= 15 is 0 Å². The van der Waals surface area contributed by atoms with Crippen LogP contribution >= 0.6 is 22.9 Å². The van der Waals surface area contributed by atoms with E-state index in [9.17, 15) is 14.7 Å². The number of anilines is 1. The molecule has 4 aromatic rings. The first-order valence-corrected chi connectivity index (χ1v) is 11.4. The summed E-state index contributed by atoms with van der Waals surface area (Å²) in [7, 11) is 1.49. The third kappa shape index (κ3) is 3.48. The van der Waals surface area contributed by atoms with Crippen LogP contribution in [0.25, 0.3) is 16.5 Å². The standard InChI is InChI=1S/C26H18ClNO4S/c1-32-20-12-11-16(14-18(20)27)24(29)22-23(21-10-5-13-33-21)28(26(31)25(22)30)19-9-4-7-15-6-2-3-8-17(15)19/h2-14,23,29H,1H3/b24-22-. The number of halogens is 1. The summed E-state index contributed by atoms with van der Waals surface area (Å²) in [6.07, 6.45) is 0. The number of benzene rings is 3. The Labute approximate surface area is 199 Å². The van der Waals surface area contributed by atoms with Crippen LogP contribution in [0.15, 0.2) is 83.7 Å². The lowest BCUT2D eigenvalue weighted by Crippen LogP contribution is -2.29. The van der Waals surface area contributed by atoms with Gasteiger partial charge < -0.3 is 9.84 Å². The Balaban J connectivity index is 1.74. The molecule has 1 aliphatic rings. The number of hydrogen-bond donors (Lipinski definition) is 1. The van der Waals surface area contributed by atoms with Crippen molar-refractivity contribution in [1.29, 1.82) is 0 Å². The van der Waals surface area contributed by atoms with Gasteiger partial charge in [0.25, 0.3) is 11.7 Å². The van der Waals surface area contributed by atoms with Crippen molar-refractivity contribution in [3.05, 3.63) is 99.2 Å². The van der Waals surface area contributed by atoms with Crippen molar-refractivity contribution >= 4 is 56.8 Å². The van der Waals surface area contributed by atoms with Crippen molar-refractivity contribution in [2.75, 3.05) is 12.0 Å². The van der Waals surface area contributed by atoms with Crippen LogP contribution in [-0.2, 0) is 9.59 Å². The Morgan fingerprint density at radius 1 is 1.03 bits per heavy atom. The maximum absolute atomic E-state index is 13.4. The highest BCUT2D eigenvalue weighted by Crippen LogP contribution is 2.45. The SMILES string of the molecule is COc1ccc(/C(O)=C2/C(=O)C(=O)N(c3cccc4ccccc34)C2c2cccs2)cc1Cl. The lowest BCUT2D eigenvalue weighted by atomic mass is 9.99. The van der Waals surface area contributed by atoms with Gasteiger partial charge in [-0.05, 0) is 41.1 Å². The molecular formula is C26H18ClNO4S. The minimum atomic E-state index is -0.767. The number of rotatable bonds is 4. The number of amides is 1. The number of aliphatic hydroxyl groups is 1. The van der Waals surface area contributed by atoms with Crippen LogP contribution in [0.5, 0.6) is 5.75 Å². The zero-order valence-corrected chi connectivity index (χ0v) is 19.1.